The van der Waals surface area contributed by atoms with Crippen LogP contribution in [-0.2, 0) is 9.84 Å². The first kappa shape index (κ1) is 16.3. The van der Waals surface area contributed by atoms with Crippen LogP contribution in [0.1, 0.15) is 26.2 Å². The Bertz CT molecular complexity index is 359. The Labute approximate surface area is 116 Å². The number of nitrogens with two attached hydrogens (primary N) is 1. The van der Waals surface area contributed by atoms with Crippen LogP contribution in [0.15, 0.2) is 0 Å². The molecule has 6 heteroatoms. The van der Waals surface area contributed by atoms with E-state index in [1.165, 1.54) is 0 Å². The van der Waals surface area contributed by atoms with E-state index in [1.807, 2.05) is 18.8 Å². The molecule has 1 aliphatic heterocycles. The van der Waals surface area contributed by atoms with Crippen molar-refractivity contribution < 1.29 is 8.42 Å². The van der Waals surface area contributed by atoms with Crippen LogP contribution in [-0.4, -0.2) is 62.0 Å². The molecule has 0 saturated carbocycles. The topological polar surface area (TPSA) is 63.4 Å². The van der Waals surface area contributed by atoms with Crippen molar-refractivity contribution in [3.63, 3.8) is 0 Å². The van der Waals surface area contributed by atoms with Crippen LogP contribution < -0.4 is 5.73 Å². The van der Waals surface area contributed by atoms with Gasteiger partial charge >= 0.3 is 0 Å². The molecular formula is C12H26N2O2S2. The van der Waals surface area contributed by atoms with Gasteiger partial charge in [-0.25, -0.2) is 8.42 Å². The molecule has 2 atom stereocenters. The normalized spacial score (nSPS) is 29.4. The molecule has 108 valence electrons. The summed E-state index contributed by atoms with van der Waals surface area (Å²) in [4.78, 5) is 2.21. The smallest absolute Gasteiger partial charge is 0.152 e. The minimum Gasteiger partial charge on any atom is -0.329 e. The summed E-state index contributed by atoms with van der Waals surface area (Å²) in [6.45, 7) is 2.58. The molecule has 0 aromatic heterocycles. The van der Waals surface area contributed by atoms with Crippen molar-refractivity contribution in [2.24, 2.45) is 5.73 Å². The second kappa shape index (κ2) is 6.59. The number of nitrogens with zero attached hydrogens (tertiary/aromatic N) is 1. The fraction of sp³-hybridized carbons (Fsp3) is 1.00. The Balaban J connectivity index is 2.80. The number of hydrogen-bond acceptors (Lipinski definition) is 5. The van der Waals surface area contributed by atoms with Crippen molar-refractivity contribution in [1.82, 2.24) is 4.90 Å². The largest absolute Gasteiger partial charge is 0.329 e. The number of thioether (sulfide) groups is 1. The first-order valence-corrected chi connectivity index (χ1v) is 9.71. The van der Waals surface area contributed by atoms with Gasteiger partial charge < -0.3 is 5.73 Å². The second-order valence-electron chi connectivity index (χ2n) is 5.37. The first-order chi connectivity index (χ1) is 8.37. The van der Waals surface area contributed by atoms with Crippen molar-refractivity contribution in [2.75, 3.05) is 37.1 Å². The van der Waals surface area contributed by atoms with E-state index in [9.17, 15) is 8.42 Å². The van der Waals surface area contributed by atoms with E-state index in [1.54, 1.807) is 0 Å². The van der Waals surface area contributed by atoms with Gasteiger partial charge in [0.1, 0.15) is 0 Å². The van der Waals surface area contributed by atoms with Gasteiger partial charge in [0, 0.05) is 18.1 Å². The molecule has 18 heavy (non-hydrogen) atoms. The van der Waals surface area contributed by atoms with Crippen molar-refractivity contribution in [3.05, 3.63) is 0 Å². The van der Waals surface area contributed by atoms with Crippen LogP contribution in [0.25, 0.3) is 0 Å². The molecule has 0 radical (unpaired) electrons. The highest BCUT2D eigenvalue weighted by atomic mass is 32.2. The van der Waals surface area contributed by atoms with Crippen molar-refractivity contribution in [2.45, 2.75) is 37.8 Å². The van der Waals surface area contributed by atoms with E-state index >= 15 is 0 Å². The lowest BCUT2D eigenvalue weighted by atomic mass is 9.92. The minimum absolute atomic E-state index is 0.219. The average molecular weight is 294 g/mol. The quantitative estimate of drug-likeness (QED) is 0.791. The minimum atomic E-state index is -2.93. The summed E-state index contributed by atoms with van der Waals surface area (Å²) < 4.78 is 23.8. The Hall–Kier alpha value is 0.220. The van der Waals surface area contributed by atoms with Gasteiger partial charge in [-0.15, -0.1) is 0 Å². The van der Waals surface area contributed by atoms with Crippen LogP contribution >= 0.6 is 11.8 Å². The van der Waals surface area contributed by atoms with Crippen molar-refractivity contribution >= 4 is 21.6 Å². The van der Waals surface area contributed by atoms with E-state index in [-0.39, 0.29) is 11.3 Å². The van der Waals surface area contributed by atoms with Crippen molar-refractivity contribution in [3.8, 4) is 0 Å². The molecular weight excluding hydrogens is 268 g/mol. The lowest BCUT2D eigenvalue weighted by Crippen LogP contribution is -2.61. The molecule has 0 aromatic rings. The molecule has 0 amide bonds. The molecule has 0 spiro atoms. The fourth-order valence-electron chi connectivity index (χ4n) is 2.71. The molecule has 0 aliphatic carbocycles. The van der Waals surface area contributed by atoms with E-state index in [0.29, 0.717) is 18.3 Å². The molecule has 1 saturated heterocycles. The van der Waals surface area contributed by atoms with Gasteiger partial charge in [-0.05, 0) is 45.2 Å². The number of likely N-dealkylation sites (N-methyl/N-ethyl adjacent to an activating group) is 1. The molecule has 1 rings (SSSR count). The molecule has 2 N–H and O–H groups in total. The predicted octanol–water partition coefficient (Wildman–Crippen LogP) is 0.966. The summed E-state index contributed by atoms with van der Waals surface area (Å²) in [6, 6.07) is 0.370. The van der Waals surface area contributed by atoms with Crippen LogP contribution in [0, 0.1) is 0 Å². The van der Waals surface area contributed by atoms with Crippen LogP contribution in [0.2, 0.25) is 0 Å². The van der Waals surface area contributed by atoms with Gasteiger partial charge in [-0.1, -0.05) is 0 Å². The summed E-state index contributed by atoms with van der Waals surface area (Å²) in [6.07, 6.45) is 4.79. The highest BCUT2D eigenvalue weighted by Gasteiger charge is 2.42. The summed E-state index contributed by atoms with van der Waals surface area (Å²) >= 11 is 1.82. The number of rotatable bonds is 6. The maximum Gasteiger partial charge on any atom is 0.152 e. The van der Waals surface area contributed by atoms with Crippen LogP contribution in [0.3, 0.4) is 0 Å². The van der Waals surface area contributed by atoms with Gasteiger partial charge in [0.25, 0.3) is 0 Å². The van der Waals surface area contributed by atoms with E-state index in [0.717, 1.165) is 25.0 Å². The lowest BCUT2D eigenvalue weighted by molar-refractivity contribution is 0.0891. The molecule has 0 aromatic carbocycles. The third-order valence-corrected chi connectivity index (χ3v) is 6.65. The summed E-state index contributed by atoms with van der Waals surface area (Å²) in [5.74, 6) is 1.64. The van der Waals surface area contributed by atoms with Gasteiger partial charge in [-0.3, -0.25) is 4.90 Å². The van der Waals surface area contributed by atoms with Gasteiger partial charge in [-0.2, -0.15) is 11.8 Å². The monoisotopic (exact) mass is 294 g/mol. The van der Waals surface area contributed by atoms with E-state index in [4.69, 9.17) is 5.73 Å². The molecule has 2 unspecified atom stereocenters. The SMILES string of the molecule is CSCCC(C)N(C)C1(CN)CCCS(=O)(=O)C1. The lowest BCUT2D eigenvalue weighted by Gasteiger charge is -2.46. The standard InChI is InChI=1S/C12H26N2O2S2/c1-11(5-7-17-3)14(2)12(9-13)6-4-8-18(15,16)10-12/h11H,4-10,13H2,1-3H3. The number of sulfone groups is 1. The zero-order valence-electron chi connectivity index (χ0n) is 11.7. The third kappa shape index (κ3) is 3.85. The zero-order chi connectivity index (χ0) is 13.8. The maximum atomic E-state index is 11.9. The fourth-order valence-corrected chi connectivity index (χ4v) is 5.30. The Kier molecular flexibility index (Phi) is 5.96. The molecule has 1 fully saturated rings. The highest BCUT2D eigenvalue weighted by Crippen LogP contribution is 2.29. The van der Waals surface area contributed by atoms with Crippen LogP contribution in [0.5, 0.6) is 0 Å². The molecule has 1 heterocycles. The maximum absolute atomic E-state index is 11.9. The summed E-state index contributed by atoms with van der Waals surface area (Å²) in [7, 11) is -0.902. The van der Waals surface area contributed by atoms with Gasteiger partial charge in [0.15, 0.2) is 9.84 Å². The first-order valence-electron chi connectivity index (χ1n) is 6.49. The zero-order valence-corrected chi connectivity index (χ0v) is 13.3. The molecule has 4 nitrogen and oxygen atoms in total. The predicted molar refractivity (Wildman–Crippen MR) is 79.9 cm³/mol. The Morgan fingerprint density at radius 2 is 2.17 bits per heavy atom. The molecule has 1 aliphatic rings. The average Bonchev–Trinajstić information content (AvgIpc) is 2.33. The Morgan fingerprint density at radius 1 is 1.50 bits per heavy atom. The number of hydrogen-bond donors (Lipinski definition) is 1. The highest BCUT2D eigenvalue weighted by molar-refractivity contribution is 7.98. The van der Waals surface area contributed by atoms with E-state index in [2.05, 4.69) is 18.1 Å². The Morgan fingerprint density at radius 3 is 2.67 bits per heavy atom. The summed E-state index contributed by atoms with van der Waals surface area (Å²) in [5, 5.41) is 0. The van der Waals surface area contributed by atoms with Gasteiger partial charge in [0.05, 0.1) is 11.5 Å². The second-order valence-corrected chi connectivity index (χ2v) is 8.54. The van der Waals surface area contributed by atoms with Crippen molar-refractivity contribution in [1.29, 1.82) is 0 Å². The third-order valence-electron chi connectivity index (χ3n) is 4.12. The van der Waals surface area contributed by atoms with E-state index < -0.39 is 9.84 Å². The summed E-state index contributed by atoms with van der Waals surface area (Å²) in [5.41, 5.74) is 5.56. The molecule has 0 bridgehead atoms. The van der Waals surface area contributed by atoms with Gasteiger partial charge in [0.2, 0.25) is 0 Å². The van der Waals surface area contributed by atoms with Crippen LogP contribution in [0.4, 0.5) is 0 Å².